The van der Waals surface area contributed by atoms with Gasteiger partial charge in [0.2, 0.25) is 17.7 Å². The molecule has 7 N–H and O–H groups in total. The van der Waals surface area contributed by atoms with Crippen LogP contribution in [0.1, 0.15) is 30.4 Å². The molecule has 4 atom stereocenters. The number of aliphatic hydroxyl groups is 1. The minimum Gasteiger partial charge on any atom is -0.445 e. The van der Waals surface area contributed by atoms with Crippen molar-refractivity contribution in [2.75, 3.05) is 6.54 Å². The van der Waals surface area contributed by atoms with Crippen molar-refractivity contribution in [1.29, 1.82) is 0 Å². The van der Waals surface area contributed by atoms with Gasteiger partial charge in [0.25, 0.3) is 5.91 Å². The van der Waals surface area contributed by atoms with Crippen LogP contribution < -0.4 is 22.1 Å². The topological polar surface area (TPSA) is 194 Å². The van der Waals surface area contributed by atoms with E-state index in [-0.39, 0.29) is 19.6 Å². The molecule has 0 aliphatic carbocycles. The van der Waals surface area contributed by atoms with Crippen LogP contribution in [-0.4, -0.2) is 70.5 Å². The molecule has 0 unspecified atom stereocenters. The number of rotatable bonds is 12. The SMILES string of the molecule is NC(=O)C[C@H](NC(=O)OCc1ccccc1)C(=O)N[C@@H](Cc1ccccc1)[C@H](O)C(=O)N1CCC[C@H]1C(N)=O. The van der Waals surface area contributed by atoms with Gasteiger partial charge < -0.3 is 36.8 Å². The van der Waals surface area contributed by atoms with Crippen molar-refractivity contribution >= 4 is 29.7 Å². The van der Waals surface area contributed by atoms with Crippen LogP contribution in [0.15, 0.2) is 60.7 Å². The second-order valence-electron chi connectivity index (χ2n) is 9.27. The van der Waals surface area contributed by atoms with Gasteiger partial charge >= 0.3 is 6.09 Å². The summed E-state index contributed by atoms with van der Waals surface area (Å²) in [6, 6.07) is 14.2. The molecule has 0 spiro atoms. The molecule has 12 heteroatoms. The fraction of sp³-hybridized carbons (Fsp3) is 0.370. The summed E-state index contributed by atoms with van der Waals surface area (Å²) in [6.45, 7) is 0.160. The van der Waals surface area contributed by atoms with Gasteiger partial charge in [-0.05, 0) is 30.4 Å². The molecule has 1 aliphatic rings. The highest BCUT2D eigenvalue weighted by atomic mass is 16.5. The Morgan fingerprint density at radius 2 is 1.56 bits per heavy atom. The molecule has 0 saturated carbocycles. The molecule has 1 fully saturated rings. The van der Waals surface area contributed by atoms with E-state index in [1.165, 1.54) is 4.90 Å². The zero-order valence-corrected chi connectivity index (χ0v) is 21.3. The lowest BCUT2D eigenvalue weighted by atomic mass is 9.99. The van der Waals surface area contributed by atoms with Crippen molar-refractivity contribution in [3.63, 3.8) is 0 Å². The number of carbonyl (C=O) groups excluding carboxylic acids is 5. The number of hydrogen-bond acceptors (Lipinski definition) is 7. The first-order chi connectivity index (χ1) is 18.7. The van der Waals surface area contributed by atoms with Gasteiger partial charge in [-0.3, -0.25) is 19.2 Å². The smallest absolute Gasteiger partial charge is 0.408 e. The number of hydrogen-bond donors (Lipinski definition) is 5. The van der Waals surface area contributed by atoms with Crippen molar-refractivity contribution in [2.45, 2.75) is 56.5 Å². The monoisotopic (exact) mass is 539 g/mol. The molecule has 39 heavy (non-hydrogen) atoms. The Hall–Kier alpha value is -4.45. The molecule has 0 bridgehead atoms. The first kappa shape index (κ1) is 29.1. The Morgan fingerprint density at radius 1 is 0.949 bits per heavy atom. The molecule has 1 heterocycles. The van der Waals surface area contributed by atoms with Crippen molar-refractivity contribution in [1.82, 2.24) is 15.5 Å². The molecule has 12 nitrogen and oxygen atoms in total. The van der Waals surface area contributed by atoms with E-state index in [2.05, 4.69) is 10.6 Å². The van der Waals surface area contributed by atoms with Gasteiger partial charge in [0.1, 0.15) is 18.7 Å². The third kappa shape index (κ3) is 8.54. The molecule has 1 aliphatic heterocycles. The fourth-order valence-electron chi connectivity index (χ4n) is 4.38. The Kier molecular flexibility index (Phi) is 10.4. The van der Waals surface area contributed by atoms with Crippen molar-refractivity contribution < 1.29 is 33.8 Å². The van der Waals surface area contributed by atoms with Gasteiger partial charge in [-0.15, -0.1) is 0 Å². The van der Waals surface area contributed by atoms with Crippen LogP contribution >= 0.6 is 0 Å². The Labute approximate surface area is 225 Å². The minimum absolute atomic E-state index is 0.0380. The number of nitrogens with one attached hydrogen (secondary N) is 2. The van der Waals surface area contributed by atoms with Crippen LogP contribution in [0.2, 0.25) is 0 Å². The lowest BCUT2D eigenvalue weighted by Crippen LogP contribution is -2.58. The predicted octanol–water partition coefficient (Wildman–Crippen LogP) is -0.278. The van der Waals surface area contributed by atoms with E-state index in [1.807, 2.05) is 0 Å². The fourth-order valence-corrected chi connectivity index (χ4v) is 4.38. The number of carbonyl (C=O) groups is 5. The number of likely N-dealkylation sites (tertiary alicyclic amines) is 1. The maximum Gasteiger partial charge on any atom is 0.408 e. The van der Waals surface area contributed by atoms with Gasteiger partial charge in [-0.25, -0.2) is 4.79 Å². The molecule has 2 aromatic carbocycles. The molecule has 3 rings (SSSR count). The van der Waals surface area contributed by atoms with Crippen LogP contribution in [0, 0.1) is 0 Å². The summed E-state index contributed by atoms with van der Waals surface area (Å²) in [5.74, 6) is -3.17. The van der Waals surface area contributed by atoms with Gasteiger partial charge in [0, 0.05) is 6.54 Å². The summed E-state index contributed by atoms with van der Waals surface area (Å²) < 4.78 is 5.14. The summed E-state index contributed by atoms with van der Waals surface area (Å²) >= 11 is 0. The summed E-state index contributed by atoms with van der Waals surface area (Å²) in [5, 5.41) is 15.9. The number of benzene rings is 2. The van der Waals surface area contributed by atoms with E-state index in [0.29, 0.717) is 24.0 Å². The number of amides is 5. The number of nitrogens with zero attached hydrogens (tertiary/aromatic N) is 1. The maximum absolute atomic E-state index is 13.2. The van der Waals surface area contributed by atoms with E-state index in [0.717, 1.165) is 0 Å². The van der Waals surface area contributed by atoms with Gasteiger partial charge in [0.05, 0.1) is 12.5 Å². The van der Waals surface area contributed by atoms with E-state index in [4.69, 9.17) is 16.2 Å². The van der Waals surface area contributed by atoms with E-state index < -0.39 is 60.4 Å². The summed E-state index contributed by atoms with van der Waals surface area (Å²) in [5.41, 5.74) is 12.1. The lowest BCUT2D eigenvalue weighted by Gasteiger charge is -2.30. The number of alkyl carbamates (subject to hydrolysis) is 1. The van der Waals surface area contributed by atoms with Crippen molar-refractivity contribution in [3.05, 3.63) is 71.8 Å². The summed E-state index contributed by atoms with van der Waals surface area (Å²) in [7, 11) is 0. The molecule has 0 aromatic heterocycles. The zero-order valence-electron chi connectivity index (χ0n) is 21.3. The largest absolute Gasteiger partial charge is 0.445 e. The third-order valence-corrected chi connectivity index (χ3v) is 6.35. The van der Waals surface area contributed by atoms with Crippen LogP contribution in [0.3, 0.4) is 0 Å². The molecule has 0 radical (unpaired) electrons. The number of nitrogens with two attached hydrogens (primary N) is 2. The maximum atomic E-state index is 13.2. The normalized spacial score (nSPS) is 16.9. The van der Waals surface area contributed by atoms with Crippen LogP contribution in [-0.2, 0) is 36.9 Å². The van der Waals surface area contributed by atoms with E-state index in [1.54, 1.807) is 60.7 Å². The predicted molar refractivity (Wildman–Crippen MR) is 139 cm³/mol. The quantitative estimate of drug-likeness (QED) is 0.245. The van der Waals surface area contributed by atoms with Gasteiger partial charge in [-0.2, -0.15) is 0 Å². The standard InChI is InChI=1S/C27H33N5O7/c28-22(33)15-20(31-27(38)39-16-18-10-5-2-6-11-18)25(36)30-19(14-17-8-3-1-4-9-17)23(34)26(37)32-13-7-12-21(32)24(29)35/h1-6,8-11,19-21,23,34H,7,12-16H2,(H2,28,33)(H2,29,35)(H,30,36)(H,31,38)/t19-,20-,21-,23-/m0/s1. The van der Waals surface area contributed by atoms with Gasteiger partial charge in [0.15, 0.2) is 6.10 Å². The molecule has 208 valence electrons. The van der Waals surface area contributed by atoms with Crippen LogP contribution in [0.4, 0.5) is 4.79 Å². The van der Waals surface area contributed by atoms with Crippen molar-refractivity contribution in [2.24, 2.45) is 11.5 Å². The number of aliphatic hydroxyl groups excluding tert-OH is 1. The van der Waals surface area contributed by atoms with Crippen LogP contribution in [0.5, 0.6) is 0 Å². The zero-order chi connectivity index (χ0) is 28.4. The average Bonchev–Trinajstić information content (AvgIpc) is 3.42. The van der Waals surface area contributed by atoms with Gasteiger partial charge in [-0.1, -0.05) is 60.7 Å². The third-order valence-electron chi connectivity index (χ3n) is 6.35. The Balaban J connectivity index is 1.74. The molecule has 5 amide bonds. The van der Waals surface area contributed by atoms with Crippen molar-refractivity contribution in [3.8, 4) is 0 Å². The highest BCUT2D eigenvalue weighted by Gasteiger charge is 2.39. The number of ether oxygens (including phenoxy) is 1. The second-order valence-corrected chi connectivity index (χ2v) is 9.27. The molecular weight excluding hydrogens is 506 g/mol. The summed E-state index contributed by atoms with van der Waals surface area (Å²) in [6.07, 6.45) is -2.30. The van der Waals surface area contributed by atoms with E-state index >= 15 is 0 Å². The second kappa shape index (κ2) is 13.9. The molecule has 1 saturated heterocycles. The number of primary amides is 2. The Morgan fingerprint density at radius 3 is 2.15 bits per heavy atom. The lowest BCUT2D eigenvalue weighted by molar-refractivity contribution is -0.146. The molecule has 2 aromatic rings. The van der Waals surface area contributed by atoms with Crippen LogP contribution in [0.25, 0.3) is 0 Å². The first-order valence-corrected chi connectivity index (χ1v) is 12.5. The Bertz CT molecular complexity index is 1160. The molecular formula is C27H33N5O7. The highest BCUT2D eigenvalue weighted by molar-refractivity contribution is 5.92. The minimum atomic E-state index is -1.74. The summed E-state index contributed by atoms with van der Waals surface area (Å²) in [4.78, 5) is 63.4. The average molecular weight is 540 g/mol. The highest BCUT2D eigenvalue weighted by Crippen LogP contribution is 2.20. The first-order valence-electron chi connectivity index (χ1n) is 12.5. The van der Waals surface area contributed by atoms with E-state index in [9.17, 15) is 29.1 Å².